The monoisotopic (exact) mass is 258 g/mol. The molecule has 0 fully saturated rings. The summed E-state index contributed by atoms with van der Waals surface area (Å²) in [6, 6.07) is 5.70. The number of nitrogens with one attached hydrogen (secondary N) is 1. The number of aromatic nitrogens is 1. The van der Waals surface area contributed by atoms with Gasteiger partial charge in [0.2, 0.25) is 0 Å². The molecular weight excluding hydrogens is 240 g/mol. The maximum Gasteiger partial charge on any atom is 0.251 e. The van der Waals surface area contributed by atoms with Gasteiger partial charge in [0, 0.05) is 17.7 Å². The first-order chi connectivity index (χ1) is 8.99. The summed E-state index contributed by atoms with van der Waals surface area (Å²) in [6.07, 6.45) is 0. The van der Waals surface area contributed by atoms with Crippen molar-refractivity contribution in [3.05, 3.63) is 51.9 Å². The van der Waals surface area contributed by atoms with Gasteiger partial charge in [-0.1, -0.05) is 11.2 Å². The first-order valence-electron chi connectivity index (χ1n) is 6.26. The third-order valence-electron chi connectivity index (χ3n) is 3.38. The van der Waals surface area contributed by atoms with Gasteiger partial charge < -0.3 is 9.84 Å². The fourth-order valence-corrected chi connectivity index (χ4v) is 1.91. The molecule has 2 aromatic rings. The van der Waals surface area contributed by atoms with E-state index in [4.69, 9.17) is 4.52 Å². The van der Waals surface area contributed by atoms with Crippen LogP contribution in [0.2, 0.25) is 0 Å². The van der Waals surface area contributed by atoms with Gasteiger partial charge in [0.25, 0.3) is 5.91 Å². The van der Waals surface area contributed by atoms with Gasteiger partial charge in [0.1, 0.15) is 5.76 Å². The van der Waals surface area contributed by atoms with Gasteiger partial charge in [0.15, 0.2) is 0 Å². The molecule has 1 N–H and O–H groups in total. The number of benzene rings is 1. The molecule has 19 heavy (non-hydrogen) atoms. The molecule has 0 aliphatic carbocycles. The Morgan fingerprint density at radius 1 is 1.21 bits per heavy atom. The van der Waals surface area contributed by atoms with Crippen LogP contribution in [-0.2, 0) is 6.54 Å². The average molecular weight is 258 g/mol. The van der Waals surface area contributed by atoms with E-state index in [0.29, 0.717) is 12.1 Å². The van der Waals surface area contributed by atoms with E-state index in [1.165, 1.54) is 5.56 Å². The highest BCUT2D eigenvalue weighted by molar-refractivity contribution is 5.94. The Balaban J connectivity index is 2.07. The fourth-order valence-electron chi connectivity index (χ4n) is 1.91. The largest absolute Gasteiger partial charge is 0.361 e. The number of nitrogens with zero attached hydrogens (tertiary/aromatic N) is 1. The molecule has 0 radical (unpaired) electrons. The van der Waals surface area contributed by atoms with Crippen molar-refractivity contribution in [1.82, 2.24) is 10.5 Å². The van der Waals surface area contributed by atoms with Gasteiger partial charge in [-0.2, -0.15) is 0 Å². The smallest absolute Gasteiger partial charge is 0.251 e. The van der Waals surface area contributed by atoms with Crippen molar-refractivity contribution in [3.63, 3.8) is 0 Å². The summed E-state index contributed by atoms with van der Waals surface area (Å²) in [6.45, 7) is 8.18. The first kappa shape index (κ1) is 13.3. The van der Waals surface area contributed by atoms with Crippen LogP contribution in [0, 0.1) is 27.7 Å². The lowest BCUT2D eigenvalue weighted by atomic mass is 10.1. The lowest BCUT2D eigenvalue weighted by Gasteiger charge is -2.07. The van der Waals surface area contributed by atoms with E-state index in [1.54, 1.807) is 0 Å². The van der Waals surface area contributed by atoms with Gasteiger partial charge >= 0.3 is 0 Å². The molecule has 0 atom stereocenters. The van der Waals surface area contributed by atoms with Crippen molar-refractivity contribution in [3.8, 4) is 0 Å². The van der Waals surface area contributed by atoms with Gasteiger partial charge in [-0.05, 0) is 51.0 Å². The highest BCUT2D eigenvalue weighted by Crippen LogP contribution is 2.13. The van der Waals surface area contributed by atoms with Crippen LogP contribution >= 0.6 is 0 Å². The fraction of sp³-hybridized carbons (Fsp3) is 0.333. The van der Waals surface area contributed by atoms with Crippen LogP contribution in [0.3, 0.4) is 0 Å². The average Bonchev–Trinajstić information content (AvgIpc) is 2.69. The van der Waals surface area contributed by atoms with E-state index in [1.807, 2.05) is 45.9 Å². The summed E-state index contributed by atoms with van der Waals surface area (Å²) < 4.78 is 5.07. The zero-order valence-electron chi connectivity index (χ0n) is 11.7. The van der Waals surface area contributed by atoms with Gasteiger partial charge in [-0.3, -0.25) is 4.79 Å². The lowest BCUT2D eigenvalue weighted by molar-refractivity contribution is 0.0950. The number of hydrogen-bond donors (Lipinski definition) is 1. The third kappa shape index (κ3) is 2.84. The third-order valence-corrected chi connectivity index (χ3v) is 3.38. The molecule has 1 aromatic carbocycles. The number of amides is 1. The molecule has 0 saturated heterocycles. The predicted molar refractivity (Wildman–Crippen MR) is 73.1 cm³/mol. The minimum absolute atomic E-state index is 0.0805. The molecule has 0 aliphatic rings. The van der Waals surface area contributed by atoms with Crippen LogP contribution in [0.25, 0.3) is 0 Å². The van der Waals surface area contributed by atoms with E-state index in [0.717, 1.165) is 22.6 Å². The summed E-state index contributed by atoms with van der Waals surface area (Å²) in [7, 11) is 0. The SMILES string of the molecule is Cc1ccc(C(=O)NCc2c(C)noc2C)cc1C. The lowest BCUT2D eigenvalue weighted by Crippen LogP contribution is -2.23. The molecule has 2 rings (SSSR count). The Hall–Kier alpha value is -2.10. The minimum Gasteiger partial charge on any atom is -0.361 e. The summed E-state index contributed by atoms with van der Waals surface area (Å²) in [5, 5.41) is 6.76. The van der Waals surface area contributed by atoms with E-state index in [-0.39, 0.29) is 5.91 Å². The summed E-state index contributed by atoms with van der Waals surface area (Å²) in [5.41, 5.74) is 4.73. The number of carbonyl (C=O) groups is 1. The van der Waals surface area contributed by atoms with Crippen molar-refractivity contribution in [2.75, 3.05) is 0 Å². The molecule has 0 bridgehead atoms. The summed E-state index contributed by atoms with van der Waals surface area (Å²) >= 11 is 0. The van der Waals surface area contributed by atoms with E-state index >= 15 is 0 Å². The van der Waals surface area contributed by atoms with Crippen LogP contribution < -0.4 is 5.32 Å². The standard InChI is InChI=1S/C15H18N2O2/c1-9-5-6-13(7-10(9)2)15(18)16-8-14-11(3)17-19-12(14)4/h5-7H,8H2,1-4H3,(H,16,18). The molecule has 1 amide bonds. The van der Waals surface area contributed by atoms with Crippen LogP contribution in [-0.4, -0.2) is 11.1 Å². The number of rotatable bonds is 3. The molecule has 1 heterocycles. The maximum absolute atomic E-state index is 12.1. The molecule has 0 unspecified atom stereocenters. The zero-order valence-corrected chi connectivity index (χ0v) is 11.7. The van der Waals surface area contributed by atoms with Crippen molar-refractivity contribution in [2.45, 2.75) is 34.2 Å². The van der Waals surface area contributed by atoms with Crippen LogP contribution in [0.1, 0.15) is 38.5 Å². The number of aryl methyl sites for hydroxylation is 4. The molecule has 100 valence electrons. The topological polar surface area (TPSA) is 55.1 Å². The molecule has 0 aliphatic heterocycles. The molecule has 4 heteroatoms. The van der Waals surface area contributed by atoms with E-state index in [2.05, 4.69) is 10.5 Å². The number of carbonyl (C=O) groups excluding carboxylic acids is 1. The minimum atomic E-state index is -0.0805. The zero-order chi connectivity index (χ0) is 14.0. The van der Waals surface area contributed by atoms with E-state index < -0.39 is 0 Å². The molecular formula is C15H18N2O2. The highest BCUT2D eigenvalue weighted by atomic mass is 16.5. The quantitative estimate of drug-likeness (QED) is 0.921. The molecule has 0 saturated carbocycles. The van der Waals surface area contributed by atoms with Crippen LogP contribution in [0.4, 0.5) is 0 Å². The van der Waals surface area contributed by atoms with Crippen LogP contribution in [0.15, 0.2) is 22.7 Å². The Kier molecular flexibility index (Phi) is 3.69. The van der Waals surface area contributed by atoms with E-state index in [9.17, 15) is 4.79 Å². The Morgan fingerprint density at radius 2 is 1.95 bits per heavy atom. The molecule has 4 nitrogen and oxygen atoms in total. The highest BCUT2D eigenvalue weighted by Gasteiger charge is 2.11. The predicted octanol–water partition coefficient (Wildman–Crippen LogP) is 2.84. The Bertz CT molecular complexity index is 595. The Labute approximate surface area is 112 Å². The Morgan fingerprint density at radius 3 is 2.53 bits per heavy atom. The van der Waals surface area contributed by atoms with Crippen molar-refractivity contribution in [2.24, 2.45) is 0 Å². The second kappa shape index (κ2) is 5.26. The second-order valence-corrected chi connectivity index (χ2v) is 4.78. The molecule has 1 aromatic heterocycles. The maximum atomic E-state index is 12.1. The van der Waals surface area contributed by atoms with Crippen molar-refractivity contribution < 1.29 is 9.32 Å². The van der Waals surface area contributed by atoms with Crippen LogP contribution in [0.5, 0.6) is 0 Å². The van der Waals surface area contributed by atoms with Gasteiger partial charge in [-0.25, -0.2) is 0 Å². The second-order valence-electron chi connectivity index (χ2n) is 4.78. The summed E-state index contributed by atoms with van der Waals surface area (Å²) in [5.74, 6) is 0.668. The number of hydrogen-bond acceptors (Lipinski definition) is 3. The van der Waals surface area contributed by atoms with Gasteiger partial charge in [0.05, 0.1) is 5.69 Å². The molecule has 0 spiro atoms. The normalized spacial score (nSPS) is 10.5. The summed E-state index contributed by atoms with van der Waals surface area (Å²) in [4.78, 5) is 12.1. The van der Waals surface area contributed by atoms with Crippen molar-refractivity contribution >= 4 is 5.91 Å². The first-order valence-corrected chi connectivity index (χ1v) is 6.26. The van der Waals surface area contributed by atoms with Gasteiger partial charge in [-0.15, -0.1) is 0 Å². The van der Waals surface area contributed by atoms with Crippen molar-refractivity contribution in [1.29, 1.82) is 0 Å².